The second kappa shape index (κ2) is 13.5. The summed E-state index contributed by atoms with van der Waals surface area (Å²) in [5, 5.41) is 21.4. The predicted molar refractivity (Wildman–Crippen MR) is 154 cm³/mol. The van der Waals surface area contributed by atoms with Gasteiger partial charge in [0.15, 0.2) is 0 Å². The molecule has 0 unspecified atom stereocenters. The molecule has 3 aromatic rings. The SMILES string of the molecule is CCOc1ncc(N)cc1C1CC1.CCOc1ncc([N+](=O)[O-])cc1C1CC1.O=[N+]([O-])c1cnc(Cl)c(C2CC2)c1. The first-order valence-electron chi connectivity index (χ1n) is 13.7. The normalized spacial score (nSPS) is 15.5. The van der Waals surface area contributed by atoms with E-state index in [0.717, 1.165) is 48.4 Å². The Bertz CT molecular complexity index is 1390. The smallest absolute Gasteiger partial charge is 0.288 e. The van der Waals surface area contributed by atoms with Gasteiger partial charge in [-0.15, -0.1) is 0 Å². The highest BCUT2D eigenvalue weighted by molar-refractivity contribution is 6.30. The van der Waals surface area contributed by atoms with Crippen LogP contribution in [-0.4, -0.2) is 38.0 Å². The van der Waals surface area contributed by atoms with Crippen LogP contribution in [0.15, 0.2) is 36.8 Å². The standard InChI is InChI=1S/C10H12N2O3.C10H14N2O.C8H7ClN2O2/c1-2-15-10-9(7-3-4-7)5-8(6-11-10)12(13)14;1-2-13-10-9(7-3-4-7)5-8(11)6-12-10;9-8-7(5-1-2-5)3-6(4-10-8)11(12)13/h5-7H,2-4H2,1H3;5-7H,2-4,11H2,1H3;3-5H,1-2H2. The first-order valence-corrected chi connectivity index (χ1v) is 14.0. The zero-order valence-corrected chi connectivity index (χ0v) is 23.7. The largest absolute Gasteiger partial charge is 0.478 e. The van der Waals surface area contributed by atoms with Gasteiger partial charge in [-0.25, -0.2) is 15.0 Å². The number of nitro groups is 2. The number of rotatable bonds is 9. The highest BCUT2D eigenvalue weighted by Crippen LogP contribution is 2.45. The molecule has 0 radical (unpaired) electrons. The van der Waals surface area contributed by atoms with E-state index in [0.29, 0.717) is 42.0 Å². The number of anilines is 1. The van der Waals surface area contributed by atoms with Crippen molar-refractivity contribution < 1.29 is 19.3 Å². The second-order valence-corrected chi connectivity index (χ2v) is 10.4. The van der Waals surface area contributed by atoms with E-state index in [4.69, 9.17) is 26.8 Å². The number of nitrogen functional groups attached to an aromatic ring is 1. The highest BCUT2D eigenvalue weighted by atomic mass is 35.5. The van der Waals surface area contributed by atoms with Crippen molar-refractivity contribution in [2.45, 2.75) is 70.1 Å². The average Bonchev–Trinajstić information content (AvgIpc) is 3.79. The summed E-state index contributed by atoms with van der Waals surface area (Å²) in [6, 6.07) is 5.08. The summed E-state index contributed by atoms with van der Waals surface area (Å²) in [6.45, 7) is 5.04. The summed E-state index contributed by atoms with van der Waals surface area (Å²) in [6.07, 6.45) is 10.8. The van der Waals surface area contributed by atoms with Crippen LogP contribution in [0.4, 0.5) is 17.1 Å². The topological polar surface area (TPSA) is 169 Å². The van der Waals surface area contributed by atoms with Crippen molar-refractivity contribution in [1.82, 2.24) is 15.0 Å². The molecule has 0 atom stereocenters. The first-order chi connectivity index (χ1) is 19.7. The Hall–Kier alpha value is -4.06. The summed E-state index contributed by atoms with van der Waals surface area (Å²) in [5.41, 5.74) is 9.34. The van der Waals surface area contributed by atoms with E-state index in [1.807, 2.05) is 19.9 Å². The van der Waals surface area contributed by atoms with Crippen LogP contribution >= 0.6 is 11.6 Å². The fraction of sp³-hybridized carbons (Fsp3) is 0.464. The molecule has 3 saturated carbocycles. The average molecular weight is 585 g/mol. The maximum absolute atomic E-state index is 10.6. The molecule has 6 rings (SSSR count). The molecule has 3 heterocycles. The number of hydrogen-bond donors (Lipinski definition) is 1. The molecule has 3 fully saturated rings. The van der Waals surface area contributed by atoms with Gasteiger partial charge in [0.2, 0.25) is 11.8 Å². The molecule has 41 heavy (non-hydrogen) atoms. The molecule has 218 valence electrons. The van der Waals surface area contributed by atoms with Crippen LogP contribution in [0.3, 0.4) is 0 Å². The number of hydrogen-bond acceptors (Lipinski definition) is 10. The molecule has 0 bridgehead atoms. The van der Waals surface area contributed by atoms with E-state index in [-0.39, 0.29) is 11.4 Å². The third-order valence-electron chi connectivity index (χ3n) is 6.65. The Labute approximate surface area is 242 Å². The van der Waals surface area contributed by atoms with Gasteiger partial charge in [-0.2, -0.15) is 0 Å². The quantitative estimate of drug-likeness (QED) is 0.161. The van der Waals surface area contributed by atoms with Crippen LogP contribution in [0.25, 0.3) is 0 Å². The highest BCUT2D eigenvalue weighted by Gasteiger charge is 2.30. The molecule has 3 aromatic heterocycles. The molecule has 0 spiro atoms. The molecular formula is C28H33ClN6O6. The maximum Gasteiger partial charge on any atom is 0.288 e. The van der Waals surface area contributed by atoms with Crippen LogP contribution < -0.4 is 15.2 Å². The number of nitrogens with two attached hydrogens (primary N) is 1. The van der Waals surface area contributed by atoms with E-state index in [9.17, 15) is 20.2 Å². The predicted octanol–water partition coefficient (Wildman–Crippen LogP) is 6.73. The van der Waals surface area contributed by atoms with Crippen molar-refractivity contribution in [1.29, 1.82) is 0 Å². The molecule has 12 nitrogen and oxygen atoms in total. The molecule has 13 heteroatoms. The van der Waals surface area contributed by atoms with E-state index in [1.165, 1.54) is 36.9 Å². The van der Waals surface area contributed by atoms with Gasteiger partial charge in [-0.3, -0.25) is 20.2 Å². The Morgan fingerprint density at radius 2 is 1.17 bits per heavy atom. The number of halogens is 1. The molecule has 3 aliphatic rings. The number of ether oxygens (including phenoxy) is 2. The van der Waals surface area contributed by atoms with Crippen LogP contribution in [0, 0.1) is 20.2 Å². The van der Waals surface area contributed by atoms with Gasteiger partial charge in [-0.05, 0) is 81.8 Å². The van der Waals surface area contributed by atoms with Crippen LogP contribution in [0.5, 0.6) is 11.8 Å². The van der Waals surface area contributed by atoms with Crippen molar-refractivity contribution in [3.8, 4) is 11.8 Å². The summed E-state index contributed by atoms with van der Waals surface area (Å²) < 4.78 is 10.8. The van der Waals surface area contributed by atoms with E-state index < -0.39 is 9.85 Å². The molecule has 2 N–H and O–H groups in total. The van der Waals surface area contributed by atoms with Gasteiger partial charge in [0.25, 0.3) is 11.4 Å². The number of pyridine rings is 3. The second-order valence-electron chi connectivity index (χ2n) is 10.0. The molecule has 0 amide bonds. The van der Waals surface area contributed by atoms with E-state index in [2.05, 4.69) is 15.0 Å². The monoisotopic (exact) mass is 584 g/mol. The lowest BCUT2D eigenvalue weighted by Gasteiger charge is -2.08. The molecule has 0 aliphatic heterocycles. The minimum absolute atomic E-state index is 0.0197. The van der Waals surface area contributed by atoms with Crippen molar-refractivity contribution in [2.75, 3.05) is 18.9 Å². The zero-order valence-electron chi connectivity index (χ0n) is 23.0. The van der Waals surface area contributed by atoms with Gasteiger partial charge in [0.1, 0.15) is 17.5 Å². The Morgan fingerprint density at radius 3 is 1.63 bits per heavy atom. The molecule has 0 saturated heterocycles. The van der Waals surface area contributed by atoms with Gasteiger partial charge in [0, 0.05) is 23.3 Å². The summed E-state index contributed by atoms with van der Waals surface area (Å²) in [7, 11) is 0. The lowest BCUT2D eigenvalue weighted by atomic mass is 10.1. The Balaban J connectivity index is 0.000000142. The van der Waals surface area contributed by atoms with Gasteiger partial charge in [0.05, 0.1) is 34.9 Å². The van der Waals surface area contributed by atoms with Gasteiger partial charge in [-0.1, -0.05) is 11.6 Å². The van der Waals surface area contributed by atoms with Crippen LogP contribution in [-0.2, 0) is 0 Å². The van der Waals surface area contributed by atoms with Crippen molar-refractivity contribution in [3.05, 3.63) is 78.9 Å². The summed E-state index contributed by atoms with van der Waals surface area (Å²) in [5.74, 6) is 2.74. The minimum Gasteiger partial charge on any atom is -0.478 e. The van der Waals surface area contributed by atoms with E-state index >= 15 is 0 Å². The van der Waals surface area contributed by atoms with Crippen molar-refractivity contribution in [2.24, 2.45) is 0 Å². The lowest BCUT2D eigenvalue weighted by Crippen LogP contribution is -2.00. The minimum atomic E-state index is -0.449. The van der Waals surface area contributed by atoms with Crippen LogP contribution in [0.1, 0.15) is 86.8 Å². The van der Waals surface area contributed by atoms with E-state index in [1.54, 1.807) is 12.3 Å². The van der Waals surface area contributed by atoms with Gasteiger partial charge >= 0.3 is 0 Å². The first kappa shape index (κ1) is 29.9. The van der Waals surface area contributed by atoms with Crippen molar-refractivity contribution >= 4 is 28.7 Å². The Kier molecular flexibility index (Phi) is 9.87. The third kappa shape index (κ3) is 8.46. The maximum atomic E-state index is 10.6. The molecule has 3 aliphatic carbocycles. The lowest BCUT2D eigenvalue weighted by molar-refractivity contribution is -0.385. The number of nitrogens with zero attached hydrogens (tertiary/aromatic N) is 5. The molecular weight excluding hydrogens is 552 g/mol. The van der Waals surface area contributed by atoms with Gasteiger partial charge < -0.3 is 15.2 Å². The molecule has 0 aromatic carbocycles. The third-order valence-corrected chi connectivity index (χ3v) is 6.97. The zero-order chi connectivity index (χ0) is 29.5. The summed E-state index contributed by atoms with van der Waals surface area (Å²) in [4.78, 5) is 32.1. The fourth-order valence-corrected chi connectivity index (χ4v) is 4.42. The fourth-order valence-electron chi connectivity index (χ4n) is 4.17. The summed E-state index contributed by atoms with van der Waals surface area (Å²) >= 11 is 5.80. The Morgan fingerprint density at radius 1 is 0.756 bits per heavy atom. The number of aromatic nitrogens is 3. The van der Waals surface area contributed by atoms with Crippen molar-refractivity contribution in [3.63, 3.8) is 0 Å². The van der Waals surface area contributed by atoms with Crippen LogP contribution in [0.2, 0.25) is 5.15 Å².